The minimum absolute atomic E-state index is 0.101. The predicted octanol–water partition coefficient (Wildman–Crippen LogP) is 2.49. The van der Waals surface area contributed by atoms with E-state index in [9.17, 15) is 14.7 Å². The van der Waals surface area contributed by atoms with E-state index in [0.717, 1.165) is 15.4 Å². The Bertz CT molecular complexity index is 773. The number of nitrogens with one attached hydrogen (secondary N) is 1. The lowest BCUT2D eigenvalue weighted by Gasteiger charge is -2.23. The van der Waals surface area contributed by atoms with Crippen LogP contribution in [-0.2, 0) is 9.53 Å². The molecule has 1 aliphatic rings. The van der Waals surface area contributed by atoms with Crippen molar-refractivity contribution < 1.29 is 19.4 Å². The molecule has 2 aromatic rings. The third kappa shape index (κ3) is 2.64. The molecule has 0 radical (unpaired) electrons. The van der Waals surface area contributed by atoms with E-state index >= 15 is 0 Å². The van der Waals surface area contributed by atoms with E-state index in [0.29, 0.717) is 18.5 Å². The second kappa shape index (κ2) is 5.98. The molecule has 0 bridgehead atoms. The van der Waals surface area contributed by atoms with Gasteiger partial charge in [-0.25, -0.2) is 0 Å². The van der Waals surface area contributed by atoms with Crippen molar-refractivity contribution in [3.8, 4) is 0 Å². The van der Waals surface area contributed by atoms with Crippen LogP contribution in [0.25, 0.3) is 10.9 Å². The molecule has 1 aromatic heterocycles. The zero-order chi connectivity index (χ0) is 16.6. The van der Waals surface area contributed by atoms with Gasteiger partial charge in [-0.2, -0.15) is 0 Å². The average Bonchev–Trinajstić information content (AvgIpc) is 3.13. The summed E-state index contributed by atoms with van der Waals surface area (Å²) in [6.45, 7) is 0.668. The van der Waals surface area contributed by atoms with Crippen molar-refractivity contribution in [3.05, 3.63) is 34.4 Å². The standard InChI is InChI=1S/C16H17BrN2O4/c1-23-9-16(15(21)22)5-6-19(8-16)14(20)10-7-18-12-4-2-3-11(17)13(10)12/h2-4,7,18H,5-6,8-9H2,1H3,(H,21,22). The molecule has 3 rings (SSSR count). The molecule has 1 fully saturated rings. The Kier molecular flexibility index (Phi) is 4.16. The molecule has 2 N–H and O–H groups in total. The molecule has 1 atom stereocenters. The van der Waals surface area contributed by atoms with Crippen molar-refractivity contribution in [1.82, 2.24) is 9.88 Å². The third-order valence-electron chi connectivity index (χ3n) is 4.40. The van der Waals surface area contributed by atoms with Gasteiger partial charge in [-0.05, 0) is 18.6 Å². The van der Waals surface area contributed by atoms with Crippen LogP contribution in [0.2, 0.25) is 0 Å². The number of aromatic nitrogens is 1. The van der Waals surface area contributed by atoms with Gasteiger partial charge in [-0.3, -0.25) is 9.59 Å². The van der Waals surface area contributed by atoms with E-state index in [1.165, 1.54) is 7.11 Å². The van der Waals surface area contributed by atoms with Crippen molar-refractivity contribution in [2.45, 2.75) is 6.42 Å². The highest BCUT2D eigenvalue weighted by molar-refractivity contribution is 9.10. The number of hydrogen-bond donors (Lipinski definition) is 2. The van der Waals surface area contributed by atoms with E-state index in [2.05, 4.69) is 20.9 Å². The highest BCUT2D eigenvalue weighted by atomic mass is 79.9. The molecule has 0 saturated carbocycles. The molecule has 2 heterocycles. The van der Waals surface area contributed by atoms with Crippen molar-refractivity contribution in [1.29, 1.82) is 0 Å². The number of likely N-dealkylation sites (tertiary alicyclic amines) is 1. The van der Waals surface area contributed by atoms with Crippen LogP contribution in [0.5, 0.6) is 0 Å². The molecule has 6 nitrogen and oxygen atoms in total. The van der Waals surface area contributed by atoms with Crippen LogP contribution in [0.1, 0.15) is 16.8 Å². The number of hydrogen-bond acceptors (Lipinski definition) is 3. The summed E-state index contributed by atoms with van der Waals surface area (Å²) in [7, 11) is 1.48. The smallest absolute Gasteiger partial charge is 0.313 e. The topological polar surface area (TPSA) is 82.6 Å². The molecule has 0 spiro atoms. The number of halogens is 1. The first-order valence-corrected chi connectivity index (χ1v) is 8.05. The number of nitrogens with zero attached hydrogens (tertiary/aromatic N) is 1. The molecule has 0 aliphatic carbocycles. The number of fused-ring (bicyclic) bond motifs is 1. The van der Waals surface area contributed by atoms with Gasteiger partial charge in [0, 0.05) is 41.8 Å². The molecule has 1 saturated heterocycles. The maximum absolute atomic E-state index is 12.8. The van der Waals surface area contributed by atoms with Crippen LogP contribution >= 0.6 is 15.9 Å². The molecule has 23 heavy (non-hydrogen) atoms. The Morgan fingerprint density at radius 3 is 2.96 bits per heavy atom. The largest absolute Gasteiger partial charge is 0.481 e. The fraction of sp³-hybridized carbons (Fsp3) is 0.375. The average molecular weight is 381 g/mol. The molecule has 7 heteroatoms. The number of methoxy groups -OCH3 is 1. The SMILES string of the molecule is COCC1(C(=O)O)CCN(C(=O)c2c[nH]c3cccc(Br)c23)C1. The van der Waals surface area contributed by atoms with Gasteiger partial charge in [0.15, 0.2) is 0 Å². The lowest BCUT2D eigenvalue weighted by atomic mass is 9.88. The molecule has 1 unspecified atom stereocenters. The number of amides is 1. The van der Waals surface area contributed by atoms with Crippen LogP contribution in [0.4, 0.5) is 0 Å². The summed E-state index contributed by atoms with van der Waals surface area (Å²) < 4.78 is 5.90. The summed E-state index contributed by atoms with van der Waals surface area (Å²) in [4.78, 5) is 29.1. The summed E-state index contributed by atoms with van der Waals surface area (Å²) in [5.74, 6) is -1.09. The van der Waals surface area contributed by atoms with Crippen molar-refractivity contribution in [2.24, 2.45) is 5.41 Å². The maximum atomic E-state index is 12.8. The number of benzene rings is 1. The first-order chi connectivity index (χ1) is 11.0. The zero-order valence-corrected chi connectivity index (χ0v) is 14.2. The van der Waals surface area contributed by atoms with E-state index < -0.39 is 11.4 Å². The van der Waals surface area contributed by atoms with Crippen molar-refractivity contribution in [2.75, 3.05) is 26.8 Å². The third-order valence-corrected chi connectivity index (χ3v) is 5.06. The number of ether oxygens (including phenoxy) is 1. The molecular formula is C16H17BrN2O4. The summed E-state index contributed by atoms with van der Waals surface area (Å²) in [5, 5.41) is 10.3. The van der Waals surface area contributed by atoms with Gasteiger partial charge < -0.3 is 19.7 Å². The number of carbonyl (C=O) groups is 2. The Morgan fingerprint density at radius 1 is 1.48 bits per heavy atom. The lowest BCUT2D eigenvalue weighted by Crippen LogP contribution is -2.40. The Labute approximate surface area is 141 Å². The maximum Gasteiger partial charge on any atom is 0.313 e. The first kappa shape index (κ1) is 16.0. The lowest BCUT2D eigenvalue weighted by molar-refractivity contribution is -0.151. The van der Waals surface area contributed by atoms with Crippen molar-refractivity contribution in [3.63, 3.8) is 0 Å². The normalized spacial score (nSPS) is 21.0. The summed E-state index contributed by atoms with van der Waals surface area (Å²) in [6.07, 6.45) is 2.07. The number of H-pyrrole nitrogens is 1. The van der Waals surface area contributed by atoms with Crippen LogP contribution in [0.15, 0.2) is 28.9 Å². The minimum Gasteiger partial charge on any atom is -0.481 e. The van der Waals surface area contributed by atoms with E-state index in [4.69, 9.17) is 4.74 Å². The van der Waals surface area contributed by atoms with Gasteiger partial charge in [0.25, 0.3) is 5.91 Å². The van der Waals surface area contributed by atoms with Crippen molar-refractivity contribution >= 4 is 38.7 Å². The number of aromatic amines is 1. The van der Waals surface area contributed by atoms with Gasteiger partial charge >= 0.3 is 5.97 Å². The molecule has 1 aromatic carbocycles. The molecule has 1 aliphatic heterocycles. The monoisotopic (exact) mass is 380 g/mol. The van der Waals surface area contributed by atoms with Crippen LogP contribution < -0.4 is 0 Å². The number of aliphatic carboxylic acids is 1. The molecule has 1 amide bonds. The Morgan fingerprint density at radius 2 is 2.26 bits per heavy atom. The first-order valence-electron chi connectivity index (χ1n) is 7.26. The summed E-state index contributed by atoms with van der Waals surface area (Å²) >= 11 is 3.47. The van der Waals surface area contributed by atoms with Crippen LogP contribution in [-0.4, -0.2) is 53.7 Å². The fourth-order valence-corrected chi connectivity index (χ4v) is 3.74. The predicted molar refractivity (Wildman–Crippen MR) is 88.5 cm³/mol. The van der Waals surface area contributed by atoms with Gasteiger partial charge in [0.1, 0.15) is 5.41 Å². The second-order valence-electron chi connectivity index (χ2n) is 5.86. The second-order valence-corrected chi connectivity index (χ2v) is 6.71. The van der Waals surface area contributed by atoms with E-state index in [1.54, 1.807) is 11.1 Å². The number of carboxylic acid groups (broad SMARTS) is 1. The summed E-state index contributed by atoms with van der Waals surface area (Å²) in [6, 6.07) is 5.66. The highest BCUT2D eigenvalue weighted by Crippen LogP contribution is 2.34. The fourth-order valence-electron chi connectivity index (χ4n) is 3.16. The van der Waals surface area contributed by atoms with Gasteiger partial charge in [0.05, 0.1) is 12.2 Å². The quantitative estimate of drug-likeness (QED) is 0.853. The van der Waals surface area contributed by atoms with Gasteiger partial charge in [-0.1, -0.05) is 22.0 Å². The Hall–Kier alpha value is -1.86. The number of carbonyl (C=O) groups excluding carboxylic acids is 1. The number of rotatable bonds is 4. The van der Waals surface area contributed by atoms with E-state index in [1.807, 2.05) is 18.2 Å². The van der Waals surface area contributed by atoms with Crippen LogP contribution in [0, 0.1) is 5.41 Å². The summed E-state index contributed by atoms with van der Waals surface area (Å²) in [5.41, 5.74) is 0.391. The molecular weight excluding hydrogens is 364 g/mol. The Balaban J connectivity index is 1.91. The van der Waals surface area contributed by atoms with E-state index in [-0.39, 0.29) is 19.1 Å². The molecule has 122 valence electrons. The zero-order valence-electron chi connectivity index (χ0n) is 12.6. The van der Waals surface area contributed by atoms with Crippen LogP contribution in [0.3, 0.4) is 0 Å². The highest BCUT2D eigenvalue weighted by Gasteiger charge is 2.46. The number of carboxylic acids is 1. The minimum atomic E-state index is -1.02. The van der Waals surface area contributed by atoms with Gasteiger partial charge in [0.2, 0.25) is 0 Å². The van der Waals surface area contributed by atoms with Gasteiger partial charge in [-0.15, -0.1) is 0 Å².